The normalized spacial score (nSPS) is 27.1. The van der Waals surface area contributed by atoms with Gasteiger partial charge < -0.3 is 86.2 Å². The summed E-state index contributed by atoms with van der Waals surface area (Å²) in [5, 5.41) is 19.0. The summed E-state index contributed by atoms with van der Waals surface area (Å²) in [6, 6.07) is -4.33. The van der Waals surface area contributed by atoms with Gasteiger partial charge in [0.25, 0.3) is 5.91 Å². The molecule has 0 saturated carbocycles. The van der Waals surface area contributed by atoms with Gasteiger partial charge >= 0.3 is 0 Å². The van der Waals surface area contributed by atoms with Crippen molar-refractivity contribution in [2.24, 2.45) is 5.73 Å². The number of fused-ring (bicyclic) bond motifs is 1. The molecule has 37 nitrogen and oxygen atoms in total. The number of nitrogen functional groups attached to an aromatic ring is 1. The summed E-state index contributed by atoms with van der Waals surface area (Å²) in [5.41, 5.74) is 14.3. The van der Waals surface area contributed by atoms with E-state index in [1.807, 2.05) is 45.2 Å². The van der Waals surface area contributed by atoms with Crippen LogP contribution in [0.4, 0.5) is 11.4 Å². The first-order valence-electron chi connectivity index (χ1n) is 44.5. The van der Waals surface area contributed by atoms with Crippen molar-refractivity contribution in [3.05, 3.63) is 41.0 Å². The molecule has 13 atom stereocenters. The molecular weight excluding hydrogens is 1630 g/mol. The Labute approximate surface area is 727 Å². The molecule has 0 spiro atoms. The van der Waals surface area contributed by atoms with Gasteiger partial charge in [0, 0.05) is 109 Å². The summed E-state index contributed by atoms with van der Waals surface area (Å²) >= 11 is 2.53. The largest absolute Gasteiger partial charge is 0.397 e. The van der Waals surface area contributed by atoms with Gasteiger partial charge in [-0.2, -0.15) is 0 Å². The number of benzene rings is 1. The number of nitrogens with one attached hydrogen (secondary N) is 3. The lowest BCUT2D eigenvalue weighted by atomic mass is 10.1. The number of hydrogen-bond acceptors (Lipinski definition) is 23. The molecule has 1 aromatic carbocycles. The van der Waals surface area contributed by atoms with Crippen LogP contribution in [0.3, 0.4) is 0 Å². The predicted molar refractivity (Wildman–Crippen MR) is 453 cm³/mol. The van der Waals surface area contributed by atoms with Gasteiger partial charge in [-0.3, -0.25) is 71.9 Å². The first-order chi connectivity index (χ1) is 59.6. The molecule has 16 rings (SSSR count). The maximum absolute atomic E-state index is 15.9. The van der Waals surface area contributed by atoms with Crippen molar-refractivity contribution >= 4 is 133 Å². The molecule has 0 unspecified atom stereocenters. The van der Waals surface area contributed by atoms with E-state index in [9.17, 15) is 43.2 Å². The number of nitrogens with zero attached hydrogens (tertiary/aromatic N) is 17. The second-order valence-electron chi connectivity index (χ2n) is 36.3. The quantitative estimate of drug-likeness (QED) is 0.0588. The highest BCUT2D eigenvalue weighted by Gasteiger charge is 2.55. The van der Waals surface area contributed by atoms with E-state index in [0.717, 1.165) is 0 Å². The molecule has 12 saturated heterocycles. The number of nitrogens with two attached hydrogens (primary N) is 2. The number of hydrogen-bond donors (Lipinski definition) is 5. The number of anilines is 2. The average molecular weight is 1750 g/mol. The number of thioether (sulfide) groups is 1. The molecule has 39 heteroatoms. The molecule has 0 aliphatic carbocycles. The zero-order valence-corrected chi connectivity index (χ0v) is 72.9. The number of primary amides is 1. The van der Waals surface area contributed by atoms with E-state index < -0.39 is 131 Å². The topological polar surface area (TPSA) is 440 Å². The number of carbonyl (C=O) groups is 15. The van der Waals surface area contributed by atoms with Crippen molar-refractivity contribution in [2.45, 2.75) is 271 Å². The van der Waals surface area contributed by atoms with Gasteiger partial charge in [-0.05, 0) is 180 Å². The van der Waals surface area contributed by atoms with Crippen LogP contribution in [0.25, 0.3) is 21.5 Å². The minimum absolute atomic E-state index is 0.00351. The van der Waals surface area contributed by atoms with E-state index in [0.29, 0.717) is 198 Å². The lowest BCUT2D eigenvalue weighted by Gasteiger charge is -2.38. The lowest BCUT2D eigenvalue weighted by Crippen LogP contribution is -2.59. The van der Waals surface area contributed by atoms with Gasteiger partial charge in [0.2, 0.25) is 82.7 Å². The Morgan fingerprint density at radius 1 is 0.476 bits per heavy atom. The first kappa shape index (κ1) is 86.9. The molecule has 0 radical (unpaired) electrons. The van der Waals surface area contributed by atoms with Gasteiger partial charge in [-0.1, -0.05) is 29.1 Å². The van der Waals surface area contributed by atoms with Gasteiger partial charge in [0.1, 0.15) is 87.9 Å². The van der Waals surface area contributed by atoms with Gasteiger partial charge in [0.05, 0.1) is 42.1 Å². The summed E-state index contributed by atoms with van der Waals surface area (Å²) in [6.45, 7) is 9.82. The molecule has 3 aromatic heterocycles. The molecule has 12 fully saturated rings. The number of rotatable bonds is 21. The highest BCUT2D eigenvalue weighted by atomic mass is 32.2. The molecule has 12 aliphatic heterocycles. The second-order valence-corrected chi connectivity index (χ2v) is 38.0. The van der Waals surface area contributed by atoms with Crippen LogP contribution in [0.1, 0.15) is 197 Å². The number of amides is 15. The van der Waals surface area contributed by atoms with E-state index in [4.69, 9.17) is 16.5 Å². The minimum Gasteiger partial charge on any atom is -0.397 e. The summed E-state index contributed by atoms with van der Waals surface area (Å²) in [5.74, 6) is -5.86. The Morgan fingerprint density at radius 2 is 0.831 bits per heavy atom. The van der Waals surface area contributed by atoms with Crippen molar-refractivity contribution in [3.63, 3.8) is 0 Å². The standard InChI is InChI=1S/C85H114N22O15S2/c1-48(108)95-31-8-21-54(95)73(112)97-33-10-23-56(97)75(114)99-35-12-25-58(99)77(116)101-37-13-26-59(101)78(117)102-38-15-28-61(102)80(119)104-40-17-30-63(104)82(121)106-47-52(107-46-51(93-94-107)44-89-65(109)45-88-50-19-6-18-49(42-50)68-66-67(86)69(71(111)92-85(2,3)4)124-72(66)91-84(90-68)123-5)43-64(106)83(122)105-41-16-29-62(105)81(120)103-39-14-27-60(103)79(118)100-36-11-24-57(100)76(115)98-34-9-22-55(98)74(113)96-32-7-20-53(96)70(87)110/h6,18-19,42,46,52-64,88H,7-17,20-41,43-45,47,86H2,1-5H3,(H2,87,110)(H,89,109)(H,92,111)/t52-,53+,54+,55+,56+,57+,58+,59+,60+,61+,62+,63+,64+/m1/s1. The van der Waals surface area contributed by atoms with Crippen molar-refractivity contribution in [1.29, 1.82) is 0 Å². The van der Waals surface area contributed by atoms with Gasteiger partial charge in [0.15, 0.2) is 5.16 Å². The monoisotopic (exact) mass is 1750 g/mol. The Morgan fingerprint density at radius 3 is 1.20 bits per heavy atom. The first-order valence-corrected chi connectivity index (χ1v) is 46.5. The molecule has 15 amide bonds. The summed E-state index contributed by atoms with van der Waals surface area (Å²) in [7, 11) is 0. The van der Waals surface area contributed by atoms with E-state index in [1.165, 1.54) is 59.4 Å². The van der Waals surface area contributed by atoms with Crippen LogP contribution in [0, 0.1) is 0 Å². The van der Waals surface area contributed by atoms with Crippen LogP contribution in [0.15, 0.2) is 35.6 Å². The average Bonchev–Trinajstić information content (AvgIpc) is 1.60. The van der Waals surface area contributed by atoms with E-state index >= 15 is 28.8 Å². The minimum atomic E-state index is -1.20. The summed E-state index contributed by atoms with van der Waals surface area (Å²) < 4.78 is 1.55. The van der Waals surface area contributed by atoms with Crippen LogP contribution in [-0.4, -0.2) is 342 Å². The van der Waals surface area contributed by atoms with Crippen LogP contribution in [0.5, 0.6) is 0 Å². The fourth-order valence-corrected chi connectivity index (χ4v) is 23.0. The highest BCUT2D eigenvalue weighted by Crippen LogP contribution is 2.43. The Bertz CT molecular complexity index is 4900. The zero-order chi connectivity index (χ0) is 87.4. The summed E-state index contributed by atoms with van der Waals surface area (Å²) in [4.78, 5) is 246. The maximum atomic E-state index is 15.9. The molecule has 7 N–H and O–H groups in total. The van der Waals surface area contributed by atoms with E-state index in [1.54, 1.807) is 46.3 Å². The van der Waals surface area contributed by atoms with Crippen LogP contribution in [0.2, 0.25) is 0 Å². The SMILES string of the molecule is CSc1nc(-c2cccc(NCC(=O)NCc3cn([C@@H]4C[C@@H](C(=O)N5CCC[C@H]5C(=O)N5CCC[C@H]5C(=O)N5CCC[C@H]5C(=O)N5CCC[C@H]5C(=O)N5CCC[C@H]5C(N)=O)N(C(=O)[C@@H]5CCCN5C(=O)[C@@H]5CCCN5C(=O)[C@@H]5CCCN5C(=O)[C@@H]5CCCN5C(=O)[C@@H]5CCCN5C(=O)[C@@H]5CCCN5C(C)=O)C4)nn3)c2)c2c(N)c(C(=O)NC(C)(C)C)sc2n1. The van der Waals surface area contributed by atoms with Crippen molar-refractivity contribution in [3.8, 4) is 11.3 Å². The second kappa shape index (κ2) is 36.2. The number of carbonyl (C=O) groups excluding carboxylic acids is 15. The highest BCUT2D eigenvalue weighted by molar-refractivity contribution is 7.98. The number of aromatic nitrogens is 5. The van der Waals surface area contributed by atoms with Crippen molar-refractivity contribution in [2.75, 3.05) is 102 Å². The zero-order valence-electron chi connectivity index (χ0n) is 71.3. The maximum Gasteiger partial charge on any atom is 0.263 e. The van der Waals surface area contributed by atoms with E-state index in [2.05, 4.69) is 31.2 Å². The van der Waals surface area contributed by atoms with Crippen LogP contribution >= 0.6 is 23.1 Å². The third-order valence-corrected chi connectivity index (χ3v) is 29.1. The molecule has 0 bridgehead atoms. The van der Waals surface area contributed by atoms with Crippen molar-refractivity contribution < 1.29 is 71.9 Å². The van der Waals surface area contributed by atoms with Gasteiger partial charge in [-0.15, -0.1) is 16.4 Å². The third-order valence-electron chi connectivity index (χ3n) is 27.5. The third kappa shape index (κ3) is 16.9. The number of thiophene rings is 1. The van der Waals surface area contributed by atoms with Gasteiger partial charge in [-0.25, -0.2) is 14.6 Å². The smallest absolute Gasteiger partial charge is 0.263 e. The van der Waals surface area contributed by atoms with E-state index in [-0.39, 0.29) is 132 Å². The predicted octanol–water partition coefficient (Wildman–Crippen LogP) is 2.06. The molecular formula is C85H114N22O15S2. The fourth-order valence-electron chi connectivity index (χ4n) is 21.6. The lowest BCUT2D eigenvalue weighted by molar-refractivity contribution is -0.156. The summed E-state index contributed by atoms with van der Waals surface area (Å²) in [6.07, 6.45) is 13.2. The molecule has 12 aliphatic rings. The molecule has 124 heavy (non-hydrogen) atoms. The van der Waals surface area contributed by atoms with Crippen LogP contribution in [-0.2, 0) is 73.7 Å². The Hall–Kier alpha value is -10.6. The number of likely N-dealkylation sites (tertiary alicyclic amines) is 12. The Kier molecular flexibility index (Phi) is 25.3. The van der Waals surface area contributed by atoms with Crippen molar-refractivity contribution in [1.82, 2.24) is 94.4 Å². The van der Waals surface area contributed by atoms with Crippen LogP contribution < -0.4 is 27.4 Å². The molecule has 15 heterocycles. The molecule has 666 valence electrons. The fraction of sp³-hybridized carbons (Fsp3) is 0.659. The molecule has 4 aromatic rings. The Balaban J connectivity index is 0.605.